The summed E-state index contributed by atoms with van der Waals surface area (Å²) in [5, 5.41) is 12.6. The molecule has 2 amide bonds. The van der Waals surface area contributed by atoms with Crippen molar-refractivity contribution < 1.29 is 24.2 Å². The highest BCUT2D eigenvalue weighted by Gasteiger charge is 2.50. The van der Waals surface area contributed by atoms with Crippen LogP contribution < -0.4 is 5.32 Å². The quantitative estimate of drug-likeness (QED) is 0.598. The van der Waals surface area contributed by atoms with Crippen molar-refractivity contribution in [3.63, 3.8) is 0 Å². The van der Waals surface area contributed by atoms with Crippen LogP contribution in [-0.4, -0.2) is 52.7 Å². The van der Waals surface area contributed by atoms with Gasteiger partial charge in [-0.25, -0.2) is 9.59 Å². The lowest BCUT2D eigenvalue weighted by Crippen LogP contribution is -2.58. The Labute approximate surface area is 200 Å². The molecule has 1 saturated heterocycles. The van der Waals surface area contributed by atoms with Crippen molar-refractivity contribution in [2.75, 3.05) is 13.2 Å². The molecule has 2 aromatic carbocycles. The van der Waals surface area contributed by atoms with E-state index < -0.39 is 23.6 Å². The number of rotatable bonds is 8. The number of nitrogens with one attached hydrogen (secondary N) is 1. The molecule has 7 heteroatoms. The number of carboxylic acids is 1. The molecule has 1 aliphatic carbocycles. The highest BCUT2D eigenvalue weighted by molar-refractivity contribution is 5.92. The number of benzene rings is 2. The molecule has 2 aliphatic rings. The van der Waals surface area contributed by atoms with Gasteiger partial charge in [-0.1, -0.05) is 68.8 Å². The van der Waals surface area contributed by atoms with Crippen LogP contribution in [0.3, 0.4) is 0 Å². The van der Waals surface area contributed by atoms with E-state index in [1.807, 2.05) is 43.3 Å². The lowest BCUT2D eigenvalue weighted by atomic mass is 9.90. The summed E-state index contributed by atoms with van der Waals surface area (Å²) in [7, 11) is 0. The third-order valence-electron chi connectivity index (χ3n) is 7.16. The first-order chi connectivity index (χ1) is 16.4. The van der Waals surface area contributed by atoms with Crippen LogP contribution in [0.5, 0.6) is 0 Å². The fraction of sp³-hybridized carbons (Fsp3) is 0.444. The van der Waals surface area contributed by atoms with E-state index in [1.54, 1.807) is 6.92 Å². The van der Waals surface area contributed by atoms with Gasteiger partial charge in [-0.2, -0.15) is 0 Å². The van der Waals surface area contributed by atoms with Gasteiger partial charge in [0.05, 0.1) is 0 Å². The van der Waals surface area contributed by atoms with E-state index >= 15 is 0 Å². The number of aliphatic carboxylic acids is 1. The Kier molecular flexibility index (Phi) is 6.91. The van der Waals surface area contributed by atoms with Crippen LogP contribution in [0.15, 0.2) is 48.5 Å². The van der Waals surface area contributed by atoms with E-state index in [0.717, 1.165) is 22.3 Å². The van der Waals surface area contributed by atoms with Crippen molar-refractivity contribution in [3.05, 3.63) is 59.7 Å². The molecule has 2 N–H and O–H groups in total. The van der Waals surface area contributed by atoms with Gasteiger partial charge in [0.15, 0.2) is 0 Å². The van der Waals surface area contributed by atoms with Crippen molar-refractivity contribution in [2.45, 2.75) is 63.5 Å². The Morgan fingerprint density at radius 2 is 1.71 bits per heavy atom. The lowest BCUT2D eigenvalue weighted by molar-refractivity contribution is -0.158. The minimum Gasteiger partial charge on any atom is -0.479 e. The minimum atomic E-state index is -1.19. The van der Waals surface area contributed by atoms with Gasteiger partial charge in [0, 0.05) is 12.5 Å². The van der Waals surface area contributed by atoms with Gasteiger partial charge in [0.2, 0.25) is 5.91 Å². The Balaban J connectivity index is 1.43. The molecule has 0 bridgehead atoms. The number of hydrogen-bond donors (Lipinski definition) is 2. The number of amides is 2. The van der Waals surface area contributed by atoms with Crippen molar-refractivity contribution in [3.8, 4) is 11.1 Å². The van der Waals surface area contributed by atoms with Crippen molar-refractivity contribution in [1.82, 2.24) is 10.2 Å². The van der Waals surface area contributed by atoms with Crippen LogP contribution in [-0.2, 0) is 14.3 Å². The Bertz CT molecular complexity index is 1040. The van der Waals surface area contributed by atoms with E-state index in [2.05, 4.69) is 17.4 Å². The summed E-state index contributed by atoms with van der Waals surface area (Å²) in [4.78, 5) is 39.6. The average Bonchev–Trinajstić information content (AvgIpc) is 3.41. The monoisotopic (exact) mass is 464 g/mol. The Hall–Kier alpha value is -3.35. The predicted octanol–water partition coefficient (Wildman–Crippen LogP) is 4.55. The van der Waals surface area contributed by atoms with Crippen molar-refractivity contribution in [1.29, 1.82) is 0 Å². The Morgan fingerprint density at radius 3 is 2.26 bits per heavy atom. The van der Waals surface area contributed by atoms with E-state index in [-0.39, 0.29) is 18.4 Å². The second-order valence-corrected chi connectivity index (χ2v) is 9.11. The third-order valence-corrected chi connectivity index (χ3v) is 7.16. The molecule has 7 nitrogen and oxygen atoms in total. The smallest absolute Gasteiger partial charge is 0.407 e. The topological polar surface area (TPSA) is 95.9 Å². The number of hydrogen-bond acceptors (Lipinski definition) is 4. The molecule has 1 aliphatic heterocycles. The van der Waals surface area contributed by atoms with E-state index in [4.69, 9.17) is 4.74 Å². The van der Waals surface area contributed by atoms with E-state index in [0.29, 0.717) is 38.6 Å². The first-order valence-electron chi connectivity index (χ1n) is 12.1. The second kappa shape index (κ2) is 9.87. The van der Waals surface area contributed by atoms with Crippen LogP contribution in [0, 0.1) is 0 Å². The molecular formula is C27H32N2O5. The summed E-state index contributed by atoms with van der Waals surface area (Å²) in [6.07, 6.45) is 1.81. The molecule has 180 valence electrons. The van der Waals surface area contributed by atoms with Gasteiger partial charge in [-0.05, 0) is 47.9 Å². The molecule has 1 fully saturated rings. The fourth-order valence-electron chi connectivity index (χ4n) is 5.51. The fourth-order valence-corrected chi connectivity index (χ4v) is 5.51. The second-order valence-electron chi connectivity index (χ2n) is 9.11. The molecule has 2 aromatic rings. The van der Waals surface area contributed by atoms with Gasteiger partial charge < -0.3 is 20.1 Å². The van der Waals surface area contributed by atoms with Crippen LogP contribution in [0.1, 0.15) is 63.0 Å². The van der Waals surface area contributed by atoms with Crippen LogP contribution in [0.4, 0.5) is 4.79 Å². The molecule has 34 heavy (non-hydrogen) atoms. The third kappa shape index (κ3) is 4.15. The molecule has 0 saturated carbocycles. The van der Waals surface area contributed by atoms with Gasteiger partial charge in [0.25, 0.3) is 0 Å². The molecule has 1 heterocycles. The number of carbonyl (C=O) groups is 3. The number of carbonyl (C=O) groups excluding carboxylic acids is 2. The number of nitrogens with zero attached hydrogens (tertiary/aromatic N) is 1. The zero-order valence-electron chi connectivity index (χ0n) is 19.8. The number of alkyl carbamates (subject to hydrolysis) is 1. The number of fused-ring (bicyclic) bond motifs is 3. The Morgan fingerprint density at radius 1 is 1.09 bits per heavy atom. The standard InChI is InChI=1S/C27H32N2O5/c1-3-14-27(25(31)32)15-9-16-29(27)24(30)23(4-2)28-26(33)34-17-22-20-12-7-5-10-18(20)19-11-6-8-13-21(19)22/h5-8,10-13,22-23H,3-4,9,14-17H2,1-2H3,(H,28,33)(H,31,32). The minimum absolute atomic E-state index is 0.0725. The number of likely N-dealkylation sites (tertiary alicyclic amines) is 1. The van der Waals surface area contributed by atoms with Crippen molar-refractivity contribution >= 4 is 18.0 Å². The molecule has 0 radical (unpaired) electrons. The highest BCUT2D eigenvalue weighted by atomic mass is 16.5. The first-order valence-corrected chi connectivity index (χ1v) is 12.1. The SMILES string of the molecule is CCCC1(C(=O)O)CCCN1C(=O)C(CC)NC(=O)OCC1c2ccccc2-c2ccccc21. The van der Waals surface area contributed by atoms with Crippen LogP contribution in [0.2, 0.25) is 0 Å². The summed E-state index contributed by atoms with van der Waals surface area (Å²) < 4.78 is 5.59. The largest absolute Gasteiger partial charge is 0.479 e. The molecule has 2 atom stereocenters. The molecule has 0 spiro atoms. The summed E-state index contributed by atoms with van der Waals surface area (Å²) in [6, 6.07) is 15.4. The van der Waals surface area contributed by atoms with E-state index in [1.165, 1.54) is 4.90 Å². The maximum atomic E-state index is 13.3. The van der Waals surface area contributed by atoms with Crippen LogP contribution >= 0.6 is 0 Å². The number of carboxylic acid groups (broad SMARTS) is 1. The van der Waals surface area contributed by atoms with Gasteiger partial charge in [0.1, 0.15) is 18.2 Å². The molecule has 2 unspecified atom stereocenters. The summed E-state index contributed by atoms with van der Waals surface area (Å²) in [5.41, 5.74) is 3.32. The maximum absolute atomic E-state index is 13.3. The zero-order chi connectivity index (χ0) is 24.3. The van der Waals surface area contributed by atoms with Crippen LogP contribution in [0.25, 0.3) is 11.1 Å². The summed E-state index contributed by atoms with van der Waals surface area (Å²) >= 11 is 0. The van der Waals surface area contributed by atoms with Gasteiger partial charge >= 0.3 is 12.1 Å². The number of ether oxygens (including phenoxy) is 1. The summed E-state index contributed by atoms with van der Waals surface area (Å²) in [5.74, 6) is -1.41. The van der Waals surface area contributed by atoms with Gasteiger partial charge in [-0.3, -0.25) is 4.79 Å². The normalized spacial score (nSPS) is 19.9. The average molecular weight is 465 g/mol. The highest BCUT2D eigenvalue weighted by Crippen LogP contribution is 2.44. The molecule has 4 rings (SSSR count). The van der Waals surface area contributed by atoms with Gasteiger partial charge in [-0.15, -0.1) is 0 Å². The zero-order valence-corrected chi connectivity index (χ0v) is 19.8. The predicted molar refractivity (Wildman–Crippen MR) is 129 cm³/mol. The van der Waals surface area contributed by atoms with Crippen molar-refractivity contribution in [2.24, 2.45) is 0 Å². The lowest BCUT2D eigenvalue weighted by Gasteiger charge is -2.36. The first kappa shape index (κ1) is 23.8. The summed E-state index contributed by atoms with van der Waals surface area (Å²) in [6.45, 7) is 4.25. The van der Waals surface area contributed by atoms with E-state index in [9.17, 15) is 19.5 Å². The molecule has 0 aromatic heterocycles. The molecular weight excluding hydrogens is 432 g/mol. The maximum Gasteiger partial charge on any atom is 0.407 e.